The van der Waals surface area contributed by atoms with Crippen LogP contribution >= 0.6 is 0 Å². The predicted octanol–water partition coefficient (Wildman–Crippen LogP) is -0.517. The molecule has 0 amide bonds. The normalized spacial score (nSPS) is 10.1. The Balaban J connectivity index is 3.41. The summed E-state index contributed by atoms with van der Waals surface area (Å²) in [5, 5.41) is 0. The second kappa shape index (κ2) is 3.47. The number of rotatable bonds is 2. The Bertz CT molecular complexity index is 416. The molecule has 0 saturated carbocycles. The van der Waals surface area contributed by atoms with Gasteiger partial charge in [-0.3, -0.25) is 13.9 Å². The van der Waals surface area contributed by atoms with Crippen LogP contribution in [0.2, 0.25) is 0 Å². The van der Waals surface area contributed by atoms with Crippen molar-refractivity contribution in [2.75, 3.05) is 6.61 Å². The second-order valence-electron chi connectivity index (χ2n) is 2.65. The molecule has 0 spiro atoms. The third-order valence-corrected chi connectivity index (χ3v) is 1.77. The smallest absolute Gasteiger partial charge is 0.333 e. The maximum atomic E-state index is 11.3. The standard InChI is InChI=1S/C8H12N2O3/c1-4-13-7-5-6(11)9(2)8(12)10(7)3/h5H,4H2,1-3H3. The lowest BCUT2D eigenvalue weighted by Crippen LogP contribution is -2.36. The van der Waals surface area contributed by atoms with Crippen molar-refractivity contribution >= 4 is 0 Å². The van der Waals surface area contributed by atoms with E-state index >= 15 is 0 Å². The fourth-order valence-electron chi connectivity index (χ4n) is 0.999. The van der Waals surface area contributed by atoms with E-state index in [0.29, 0.717) is 12.5 Å². The molecule has 0 N–H and O–H groups in total. The molecule has 5 heteroatoms. The monoisotopic (exact) mass is 184 g/mol. The Kier molecular flexibility index (Phi) is 2.55. The molecule has 1 aromatic heterocycles. The summed E-state index contributed by atoms with van der Waals surface area (Å²) in [5.74, 6) is 0.301. The van der Waals surface area contributed by atoms with E-state index in [9.17, 15) is 9.59 Å². The zero-order valence-corrected chi connectivity index (χ0v) is 7.90. The lowest BCUT2D eigenvalue weighted by atomic mass is 10.6. The highest BCUT2D eigenvalue weighted by Gasteiger charge is 2.04. The van der Waals surface area contributed by atoms with E-state index in [-0.39, 0.29) is 11.2 Å². The van der Waals surface area contributed by atoms with Gasteiger partial charge in [-0.1, -0.05) is 0 Å². The Labute approximate surface area is 75.2 Å². The highest BCUT2D eigenvalue weighted by molar-refractivity contribution is 5.08. The lowest BCUT2D eigenvalue weighted by molar-refractivity contribution is 0.306. The number of nitrogens with zero attached hydrogens (tertiary/aromatic N) is 2. The Hall–Kier alpha value is -1.52. The molecule has 13 heavy (non-hydrogen) atoms. The van der Waals surface area contributed by atoms with Crippen LogP contribution in [0.4, 0.5) is 0 Å². The SMILES string of the molecule is CCOc1cc(=O)n(C)c(=O)n1C. The summed E-state index contributed by atoms with van der Waals surface area (Å²) >= 11 is 0. The number of aromatic nitrogens is 2. The van der Waals surface area contributed by atoms with Gasteiger partial charge in [0.15, 0.2) is 0 Å². The molecule has 1 aromatic rings. The van der Waals surface area contributed by atoms with Crippen LogP contribution in [-0.2, 0) is 14.1 Å². The van der Waals surface area contributed by atoms with Crippen molar-refractivity contribution in [3.8, 4) is 5.88 Å². The second-order valence-corrected chi connectivity index (χ2v) is 2.65. The third-order valence-electron chi connectivity index (χ3n) is 1.77. The first-order valence-electron chi connectivity index (χ1n) is 3.97. The summed E-state index contributed by atoms with van der Waals surface area (Å²) in [5.41, 5.74) is -0.734. The highest BCUT2D eigenvalue weighted by Crippen LogP contribution is 2.00. The summed E-state index contributed by atoms with van der Waals surface area (Å²) in [4.78, 5) is 22.5. The first-order valence-corrected chi connectivity index (χ1v) is 3.97. The van der Waals surface area contributed by atoms with Crippen molar-refractivity contribution in [3.63, 3.8) is 0 Å². The van der Waals surface area contributed by atoms with E-state index in [1.54, 1.807) is 14.0 Å². The largest absolute Gasteiger partial charge is 0.479 e. The van der Waals surface area contributed by atoms with Crippen molar-refractivity contribution < 1.29 is 4.74 Å². The Morgan fingerprint density at radius 1 is 1.31 bits per heavy atom. The minimum Gasteiger partial charge on any atom is -0.479 e. The van der Waals surface area contributed by atoms with Gasteiger partial charge in [-0.15, -0.1) is 0 Å². The zero-order chi connectivity index (χ0) is 10.0. The van der Waals surface area contributed by atoms with Crippen LogP contribution in [0.15, 0.2) is 15.7 Å². The summed E-state index contributed by atoms with van der Waals surface area (Å²) in [6, 6.07) is 1.30. The van der Waals surface area contributed by atoms with Crippen LogP contribution in [0.25, 0.3) is 0 Å². The van der Waals surface area contributed by atoms with Crippen LogP contribution < -0.4 is 16.0 Å². The molecule has 0 saturated heterocycles. The first-order chi connectivity index (χ1) is 6.07. The summed E-state index contributed by atoms with van der Waals surface area (Å²) in [6.07, 6.45) is 0. The van der Waals surface area contributed by atoms with Gasteiger partial charge in [0, 0.05) is 14.1 Å². The molecule has 0 aliphatic rings. The number of hydrogen-bond acceptors (Lipinski definition) is 3. The predicted molar refractivity (Wildman–Crippen MR) is 48.1 cm³/mol. The average molecular weight is 184 g/mol. The summed E-state index contributed by atoms with van der Waals surface area (Å²) < 4.78 is 7.43. The molecule has 1 heterocycles. The van der Waals surface area contributed by atoms with Crippen LogP contribution in [0, 0.1) is 0 Å². The fourth-order valence-corrected chi connectivity index (χ4v) is 0.999. The number of ether oxygens (including phenoxy) is 1. The molecule has 72 valence electrons. The van der Waals surface area contributed by atoms with Gasteiger partial charge in [0.1, 0.15) is 0 Å². The van der Waals surface area contributed by atoms with E-state index in [1.165, 1.54) is 17.7 Å². The van der Waals surface area contributed by atoms with Crippen molar-refractivity contribution in [2.24, 2.45) is 14.1 Å². The average Bonchev–Trinajstić information content (AvgIpc) is 2.11. The van der Waals surface area contributed by atoms with Crippen molar-refractivity contribution in [2.45, 2.75) is 6.92 Å². The Morgan fingerprint density at radius 3 is 2.46 bits per heavy atom. The van der Waals surface area contributed by atoms with Gasteiger partial charge in [-0.2, -0.15) is 0 Å². The minimum atomic E-state index is -0.379. The quantitative estimate of drug-likeness (QED) is 0.621. The molecule has 0 bridgehead atoms. The molecule has 0 aromatic carbocycles. The maximum absolute atomic E-state index is 11.3. The van der Waals surface area contributed by atoms with Crippen LogP contribution in [-0.4, -0.2) is 15.7 Å². The summed E-state index contributed by atoms with van der Waals surface area (Å²) in [7, 11) is 2.99. The van der Waals surface area contributed by atoms with Crippen LogP contribution in [0.1, 0.15) is 6.92 Å². The topological polar surface area (TPSA) is 53.2 Å². The van der Waals surface area contributed by atoms with Gasteiger partial charge in [-0.05, 0) is 6.92 Å². The molecule has 1 rings (SSSR count). The van der Waals surface area contributed by atoms with E-state index in [4.69, 9.17) is 4.74 Å². The van der Waals surface area contributed by atoms with E-state index in [1.807, 2.05) is 0 Å². The van der Waals surface area contributed by atoms with Crippen molar-refractivity contribution in [1.82, 2.24) is 9.13 Å². The first kappa shape index (κ1) is 9.57. The lowest BCUT2D eigenvalue weighted by Gasteiger charge is -2.08. The van der Waals surface area contributed by atoms with Crippen molar-refractivity contribution in [3.05, 3.63) is 26.9 Å². The highest BCUT2D eigenvalue weighted by atomic mass is 16.5. The van der Waals surface area contributed by atoms with E-state index < -0.39 is 0 Å². The summed E-state index contributed by atoms with van der Waals surface area (Å²) in [6.45, 7) is 2.22. The van der Waals surface area contributed by atoms with Gasteiger partial charge in [-0.25, -0.2) is 4.79 Å². The van der Waals surface area contributed by atoms with Gasteiger partial charge < -0.3 is 4.74 Å². The van der Waals surface area contributed by atoms with Gasteiger partial charge in [0.05, 0.1) is 12.7 Å². The molecule has 0 atom stereocenters. The third kappa shape index (κ3) is 1.63. The van der Waals surface area contributed by atoms with E-state index in [0.717, 1.165) is 4.57 Å². The molecular weight excluding hydrogens is 172 g/mol. The molecular formula is C8H12N2O3. The van der Waals surface area contributed by atoms with Gasteiger partial charge in [0.25, 0.3) is 5.56 Å². The number of hydrogen-bond donors (Lipinski definition) is 0. The maximum Gasteiger partial charge on any atom is 0.333 e. The Morgan fingerprint density at radius 2 is 1.92 bits per heavy atom. The molecule has 0 aliphatic carbocycles. The molecule has 0 aliphatic heterocycles. The zero-order valence-electron chi connectivity index (χ0n) is 7.90. The van der Waals surface area contributed by atoms with Gasteiger partial charge >= 0.3 is 5.69 Å². The van der Waals surface area contributed by atoms with E-state index in [2.05, 4.69) is 0 Å². The van der Waals surface area contributed by atoms with Crippen LogP contribution in [0.3, 0.4) is 0 Å². The van der Waals surface area contributed by atoms with Gasteiger partial charge in [0.2, 0.25) is 5.88 Å². The van der Waals surface area contributed by atoms with Crippen molar-refractivity contribution in [1.29, 1.82) is 0 Å². The molecule has 0 radical (unpaired) electrons. The minimum absolute atomic E-state index is 0.301. The van der Waals surface area contributed by atoms with Crippen LogP contribution in [0.5, 0.6) is 5.88 Å². The fraction of sp³-hybridized carbons (Fsp3) is 0.500. The molecule has 5 nitrogen and oxygen atoms in total. The molecule has 0 unspecified atom stereocenters. The molecule has 0 fully saturated rings.